The second kappa shape index (κ2) is 7.75. The second-order valence-corrected chi connectivity index (χ2v) is 6.94. The Labute approximate surface area is 158 Å². The number of fused-ring (bicyclic) bond motifs is 1. The van der Waals surface area contributed by atoms with E-state index in [9.17, 15) is 0 Å². The van der Waals surface area contributed by atoms with E-state index >= 15 is 0 Å². The van der Waals surface area contributed by atoms with Crippen molar-refractivity contribution in [2.75, 3.05) is 23.3 Å². The van der Waals surface area contributed by atoms with Gasteiger partial charge in [0.2, 0.25) is 0 Å². The lowest BCUT2D eigenvalue weighted by Crippen LogP contribution is -2.31. The van der Waals surface area contributed by atoms with Crippen molar-refractivity contribution in [1.82, 2.24) is 9.97 Å². The van der Waals surface area contributed by atoms with Gasteiger partial charge in [0.1, 0.15) is 18.0 Å². The summed E-state index contributed by atoms with van der Waals surface area (Å²) < 4.78 is 0. The van der Waals surface area contributed by atoms with Crippen molar-refractivity contribution in [3.8, 4) is 0 Å². The molecule has 0 saturated carbocycles. The predicted molar refractivity (Wildman–Crippen MR) is 107 cm³/mol. The molecule has 1 aliphatic rings. The number of hydrogen-bond acceptors (Lipinski definition) is 4. The Hall–Kier alpha value is -2.59. The van der Waals surface area contributed by atoms with Crippen LogP contribution in [0.5, 0.6) is 0 Å². The second-order valence-electron chi connectivity index (χ2n) is 6.51. The average Bonchev–Trinajstić information content (AvgIpc) is 2.68. The van der Waals surface area contributed by atoms with Crippen LogP contribution in [0.3, 0.4) is 0 Å². The fourth-order valence-corrected chi connectivity index (χ4v) is 3.55. The van der Waals surface area contributed by atoms with Gasteiger partial charge in [-0.3, -0.25) is 0 Å². The third kappa shape index (κ3) is 3.97. The van der Waals surface area contributed by atoms with Gasteiger partial charge < -0.3 is 10.2 Å². The van der Waals surface area contributed by atoms with Crippen LogP contribution in [0.25, 0.3) is 0 Å². The van der Waals surface area contributed by atoms with E-state index < -0.39 is 0 Å². The number of halogens is 1. The minimum atomic E-state index is 0.775. The van der Waals surface area contributed by atoms with E-state index in [1.165, 1.54) is 16.7 Å². The third-order valence-electron chi connectivity index (χ3n) is 4.72. The van der Waals surface area contributed by atoms with Crippen LogP contribution in [0.2, 0.25) is 5.02 Å². The predicted octanol–water partition coefficient (Wildman–Crippen LogP) is 4.35. The molecule has 1 N–H and O–H groups in total. The highest BCUT2D eigenvalue weighted by molar-refractivity contribution is 6.30. The maximum Gasteiger partial charge on any atom is 0.134 e. The standard InChI is InChI=1S/C21H21ClN4/c22-19-7-3-4-16(12-19)8-10-23-20-13-21(25-15-24-20)26-11-9-17-5-1-2-6-18(17)14-26/h1-7,12-13,15H,8-11,14H2,(H,23,24,25). The zero-order valence-corrected chi connectivity index (χ0v) is 15.3. The highest BCUT2D eigenvalue weighted by Crippen LogP contribution is 2.23. The van der Waals surface area contributed by atoms with E-state index in [0.29, 0.717) is 0 Å². The Balaban J connectivity index is 1.39. The van der Waals surface area contributed by atoms with Crippen LogP contribution in [0.1, 0.15) is 16.7 Å². The van der Waals surface area contributed by atoms with Gasteiger partial charge in [-0.05, 0) is 41.7 Å². The maximum absolute atomic E-state index is 6.04. The molecule has 4 rings (SSSR count). The molecule has 0 radical (unpaired) electrons. The van der Waals surface area contributed by atoms with Gasteiger partial charge in [-0.25, -0.2) is 9.97 Å². The topological polar surface area (TPSA) is 41.0 Å². The van der Waals surface area contributed by atoms with Crippen LogP contribution >= 0.6 is 11.6 Å². The summed E-state index contributed by atoms with van der Waals surface area (Å²) in [4.78, 5) is 11.1. The lowest BCUT2D eigenvalue weighted by Gasteiger charge is -2.29. The molecule has 0 unspecified atom stereocenters. The Morgan fingerprint density at radius 3 is 2.77 bits per heavy atom. The van der Waals surface area contributed by atoms with Crippen molar-refractivity contribution in [2.45, 2.75) is 19.4 Å². The number of benzene rings is 2. The summed E-state index contributed by atoms with van der Waals surface area (Å²) in [5, 5.41) is 4.17. The number of nitrogens with zero attached hydrogens (tertiary/aromatic N) is 3. The van der Waals surface area contributed by atoms with Crippen molar-refractivity contribution in [1.29, 1.82) is 0 Å². The highest BCUT2D eigenvalue weighted by atomic mass is 35.5. The smallest absolute Gasteiger partial charge is 0.134 e. The van der Waals surface area contributed by atoms with Crippen molar-refractivity contribution in [3.05, 3.63) is 82.6 Å². The molecule has 5 heteroatoms. The SMILES string of the molecule is Clc1cccc(CCNc2cc(N3CCc4ccccc4C3)ncn2)c1. The van der Waals surface area contributed by atoms with Gasteiger partial charge in [-0.15, -0.1) is 0 Å². The molecule has 132 valence electrons. The quantitative estimate of drug-likeness (QED) is 0.730. The van der Waals surface area contributed by atoms with Crippen molar-refractivity contribution >= 4 is 23.2 Å². The number of hydrogen-bond donors (Lipinski definition) is 1. The number of aromatic nitrogens is 2. The molecular formula is C21H21ClN4. The number of anilines is 2. The van der Waals surface area contributed by atoms with E-state index in [-0.39, 0.29) is 0 Å². The van der Waals surface area contributed by atoms with Crippen LogP contribution in [-0.4, -0.2) is 23.1 Å². The summed E-state index contributed by atoms with van der Waals surface area (Å²) in [6, 6.07) is 18.6. The van der Waals surface area contributed by atoms with Crippen LogP contribution < -0.4 is 10.2 Å². The minimum absolute atomic E-state index is 0.775. The summed E-state index contributed by atoms with van der Waals surface area (Å²) in [6.07, 6.45) is 3.59. The van der Waals surface area contributed by atoms with Gasteiger partial charge in [0.25, 0.3) is 0 Å². The first-order chi connectivity index (χ1) is 12.8. The van der Waals surface area contributed by atoms with E-state index in [0.717, 1.165) is 49.1 Å². The summed E-state index contributed by atoms with van der Waals surface area (Å²) >= 11 is 6.04. The largest absolute Gasteiger partial charge is 0.370 e. The molecule has 0 amide bonds. The summed E-state index contributed by atoms with van der Waals surface area (Å²) in [7, 11) is 0. The van der Waals surface area contributed by atoms with Gasteiger partial charge in [-0.1, -0.05) is 48.0 Å². The van der Waals surface area contributed by atoms with Crippen molar-refractivity contribution in [2.24, 2.45) is 0 Å². The van der Waals surface area contributed by atoms with Crippen LogP contribution in [0.15, 0.2) is 60.9 Å². The lowest BCUT2D eigenvalue weighted by atomic mass is 10.00. The molecule has 4 nitrogen and oxygen atoms in total. The number of rotatable bonds is 5. The van der Waals surface area contributed by atoms with E-state index in [1.807, 2.05) is 24.3 Å². The Morgan fingerprint density at radius 1 is 1.00 bits per heavy atom. The van der Waals surface area contributed by atoms with Crippen LogP contribution in [0.4, 0.5) is 11.6 Å². The molecule has 0 saturated heterocycles. The average molecular weight is 365 g/mol. The van der Waals surface area contributed by atoms with Crippen molar-refractivity contribution < 1.29 is 0 Å². The first-order valence-electron chi connectivity index (χ1n) is 8.90. The van der Waals surface area contributed by atoms with E-state index in [1.54, 1.807) is 6.33 Å². The molecule has 0 spiro atoms. The Kier molecular flexibility index (Phi) is 5.02. The maximum atomic E-state index is 6.04. The Bertz CT molecular complexity index is 896. The van der Waals surface area contributed by atoms with Crippen LogP contribution in [-0.2, 0) is 19.4 Å². The third-order valence-corrected chi connectivity index (χ3v) is 4.95. The van der Waals surface area contributed by atoms with Gasteiger partial charge in [-0.2, -0.15) is 0 Å². The van der Waals surface area contributed by atoms with Gasteiger partial charge in [0.15, 0.2) is 0 Å². The summed E-state index contributed by atoms with van der Waals surface area (Å²) in [6.45, 7) is 2.69. The fraction of sp³-hybridized carbons (Fsp3) is 0.238. The fourth-order valence-electron chi connectivity index (χ4n) is 3.34. The number of nitrogens with one attached hydrogen (secondary N) is 1. The first-order valence-corrected chi connectivity index (χ1v) is 9.28. The Morgan fingerprint density at radius 2 is 1.88 bits per heavy atom. The van der Waals surface area contributed by atoms with E-state index in [2.05, 4.69) is 50.5 Å². The molecule has 0 aliphatic carbocycles. The molecule has 0 atom stereocenters. The lowest BCUT2D eigenvalue weighted by molar-refractivity contribution is 0.719. The first kappa shape index (κ1) is 16.9. The zero-order chi connectivity index (χ0) is 17.8. The monoisotopic (exact) mass is 364 g/mol. The molecule has 2 aromatic carbocycles. The van der Waals surface area contributed by atoms with Crippen molar-refractivity contribution in [3.63, 3.8) is 0 Å². The van der Waals surface area contributed by atoms with E-state index in [4.69, 9.17) is 11.6 Å². The van der Waals surface area contributed by atoms with Gasteiger partial charge in [0, 0.05) is 30.7 Å². The molecule has 2 heterocycles. The molecule has 3 aromatic rings. The highest BCUT2D eigenvalue weighted by Gasteiger charge is 2.17. The summed E-state index contributed by atoms with van der Waals surface area (Å²) in [5.41, 5.74) is 4.04. The molecular weight excluding hydrogens is 344 g/mol. The van der Waals surface area contributed by atoms with Gasteiger partial charge >= 0.3 is 0 Å². The minimum Gasteiger partial charge on any atom is -0.370 e. The molecule has 26 heavy (non-hydrogen) atoms. The molecule has 1 aliphatic heterocycles. The molecule has 0 fully saturated rings. The normalized spacial score (nSPS) is 13.3. The summed E-state index contributed by atoms with van der Waals surface area (Å²) in [5.74, 6) is 1.83. The molecule has 1 aromatic heterocycles. The zero-order valence-electron chi connectivity index (χ0n) is 14.5. The van der Waals surface area contributed by atoms with Gasteiger partial charge in [0.05, 0.1) is 0 Å². The van der Waals surface area contributed by atoms with Crippen LogP contribution in [0, 0.1) is 0 Å². The molecule has 0 bridgehead atoms.